The number of carbonyl (C=O) groups excluding carboxylic acids is 1. The smallest absolute Gasteiger partial charge is 0.270 e. The van der Waals surface area contributed by atoms with Crippen molar-refractivity contribution in [1.82, 2.24) is 5.43 Å². The Labute approximate surface area is 127 Å². The second kappa shape index (κ2) is 7.12. The van der Waals surface area contributed by atoms with E-state index in [-0.39, 0.29) is 18.0 Å². The van der Waals surface area contributed by atoms with Crippen LogP contribution in [0.15, 0.2) is 59.7 Å². The maximum absolute atomic E-state index is 11.8. The summed E-state index contributed by atoms with van der Waals surface area (Å²) < 4.78 is 0. The maximum atomic E-state index is 11.8. The third-order valence-electron chi connectivity index (χ3n) is 3.03. The fourth-order valence-electron chi connectivity index (χ4n) is 1.88. The number of benzene rings is 2. The third-order valence-corrected chi connectivity index (χ3v) is 3.03. The highest BCUT2D eigenvalue weighted by molar-refractivity contribution is 5.99. The van der Waals surface area contributed by atoms with E-state index in [4.69, 9.17) is 0 Å². The van der Waals surface area contributed by atoms with Crippen LogP contribution in [-0.2, 0) is 11.2 Å². The molecule has 0 saturated carbocycles. The van der Waals surface area contributed by atoms with E-state index in [1.165, 1.54) is 12.1 Å². The largest absolute Gasteiger partial charge is 0.273 e. The number of hydrogen-bond donors (Lipinski definition) is 1. The summed E-state index contributed by atoms with van der Waals surface area (Å²) in [5.74, 6) is -0.240. The summed E-state index contributed by atoms with van der Waals surface area (Å²) in [6.07, 6.45) is 0.229. The van der Waals surface area contributed by atoms with Gasteiger partial charge in [0.25, 0.3) is 5.69 Å². The molecule has 0 unspecified atom stereocenters. The van der Waals surface area contributed by atoms with Gasteiger partial charge in [-0.25, -0.2) is 5.43 Å². The fourth-order valence-corrected chi connectivity index (χ4v) is 1.88. The van der Waals surface area contributed by atoms with Crippen LogP contribution in [0.4, 0.5) is 5.69 Å². The van der Waals surface area contributed by atoms with Crippen LogP contribution in [0, 0.1) is 10.1 Å². The van der Waals surface area contributed by atoms with E-state index in [1.54, 1.807) is 19.1 Å². The summed E-state index contributed by atoms with van der Waals surface area (Å²) >= 11 is 0. The number of nitro benzene ring substituents is 1. The number of carbonyl (C=O) groups is 1. The van der Waals surface area contributed by atoms with Gasteiger partial charge >= 0.3 is 0 Å². The topological polar surface area (TPSA) is 84.6 Å². The fraction of sp³-hybridized carbons (Fsp3) is 0.125. The van der Waals surface area contributed by atoms with Crippen molar-refractivity contribution < 1.29 is 9.72 Å². The molecule has 2 aromatic carbocycles. The zero-order chi connectivity index (χ0) is 15.9. The summed E-state index contributed by atoms with van der Waals surface area (Å²) in [5, 5.41) is 14.7. The van der Waals surface area contributed by atoms with Crippen LogP contribution in [0.5, 0.6) is 0 Å². The maximum Gasteiger partial charge on any atom is 0.270 e. The van der Waals surface area contributed by atoms with Gasteiger partial charge in [0.1, 0.15) is 0 Å². The molecule has 0 heterocycles. The summed E-state index contributed by atoms with van der Waals surface area (Å²) in [4.78, 5) is 22.1. The number of hydrogen-bond acceptors (Lipinski definition) is 4. The Morgan fingerprint density at radius 1 is 1.18 bits per heavy atom. The molecule has 0 aliphatic heterocycles. The first-order valence-corrected chi connectivity index (χ1v) is 6.68. The van der Waals surface area contributed by atoms with Crippen molar-refractivity contribution in [2.24, 2.45) is 5.10 Å². The Hall–Kier alpha value is -3.02. The van der Waals surface area contributed by atoms with Gasteiger partial charge in [0.05, 0.1) is 17.1 Å². The molecule has 112 valence electrons. The summed E-state index contributed by atoms with van der Waals surface area (Å²) in [5.41, 5.74) is 4.43. The van der Waals surface area contributed by atoms with Crippen molar-refractivity contribution in [3.63, 3.8) is 0 Å². The first kappa shape index (κ1) is 15.4. The first-order chi connectivity index (χ1) is 10.6. The molecule has 1 N–H and O–H groups in total. The number of nitro groups is 1. The quantitative estimate of drug-likeness (QED) is 0.523. The molecule has 0 fully saturated rings. The number of nitrogens with zero attached hydrogens (tertiary/aromatic N) is 2. The average Bonchev–Trinajstić information content (AvgIpc) is 2.53. The molecule has 0 spiro atoms. The summed E-state index contributed by atoms with van der Waals surface area (Å²) in [7, 11) is 0. The molecule has 0 radical (unpaired) electrons. The lowest BCUT2D eigenvalue weighted by molar-refractivity contribution is -0.384. The van der Waals surface area contributed by atoms with E-state index in [9.17, 15) is 14.9 Å². The lowest BCUT2D eigenvalue weighted by atomic mass is 10.1. The number of nitrogens with one attached hydrogen (secondary N) is 1. The predicted octanol–water partition coefficient (Wildman–Crippen LogP) is 2.68. The van der Waals surface area contributed by atoms with Crippen molar-refractivity contribution in [2.75, 3.05) is 0 Å². The molecule has 0 atom stereocenters. The molecule has 0 bridgehead atoms. The van der Waals surface area contributed by atoms with Crippen molar-refractivity contribution in [3.8, 4) is 0 Å². The van der Waals surface area contributed by atoms with E-state index in [0.717, 1.165) is 5.56 Å². The van der Waals surface area contributed by atoms with Gasteiger partial charge in [0.2, 0.25) is 5.91 Å². The van der Waals surface area contributed by atoms with Crippen LogP contribution in [0.3, 0.4) is 0 Å². The normalized spacial score (nSPS) is 11.0. The molecule has 0 aliphatic carbocycles. The lowest BCUT2D eigenvalue weighted by Crippen LogP contribution is -2.21. The minimum atomic E-state index is -0.467. The standard InChI is InChI=1S/C16H15N3O3/c1-12(14-8-5-9-15(11-14)19(21)22)17-18-16(20)10-13-6-3-2-4-7-13/h2-9,11H,10H2,1H3,(H,18,20)/b17-12-. The highest BCUT2D eigenvalue weighted by atomic mass is 16.6. The van der Waals surface area contributed by atoms with Crippen molar-refractivity contribution in [3.05, 3.63) is 75.8 Å². The van der Waals surface area contributed by atoms with E-state index in [1.807, 2.05) is 30.3 Å². The van der Waals surface area contributed by atoms with Crippen molar-refractivity contribution in [2.45, 2.75) is 13.3 Å². The van der Waals surface area contributed by atoms with Gasteiger partial charge in [-0.15, -0.1) is 0 Å². The van der Waals surface area contributed by atoms with Gasteiger partial charge in [-0.05, 0) is 12.5 Å². The Bertz CT molecular complexity index is 712. The number of rotatable bonds is 5. The Morgan fingerprint density at radius 3 is 2.59 bits per heavy atom. The molecular formula is C16H15N3O3. The minimum Gasteiger partial charge on any atom is -0.273 e. The van der Waals surface area contributed by atoms with E-state index in [2.05, 4.69) is 10.5 Å². The van der Waals surface area contributed by atoms with E-state index in [0.29, 0.717) is 11.3 Å². The average molecular weight is 297 g/mol. The molecule has 2 rings (SSSR count). The molecule has 1 amide bonds. The molecule has 6 heteroatoms. The predicted molar refractivity (Wildman–Crippen MR) is 83.6 cm³/mol. The SMILES string of the molecule is C/C(=N/NC(=O)Cc1ccccc1)c1cccc([N+](=O)[O-])c1. The van der Waals surface area contributed by atoms with Crippen LogP contribution in [-0.4, -0.2) is 16.5 Å². The molecule has 2 aromatic rings. The van der Waals surface area contributed by atoms with Crippen LogP contribution in [0.1, 0.15) is 18.1 Å². The van der Waals surface area contributed by atoms with Gasteiger partial charge in [-0.3, -0.25) is 14.9 Å². The Balaban J connectivity index is 2.02. The molecular weight excluding hydrogens is 282 g/mol. The first-order valence-electron chi connectivity index (χ1n) is 6.68. The number of amides is 1. The summed E-state index contributed by atoms with van der Waals surface area (Å²) in [6, 6.07) is 15.4. The third kappa shape index (κ3) is 4.24. The van der Waals surface area contributed by atoms with Crippen LogP contribution in [0.25, 0.3) is 0 Å². The molecule has 22 heavy (non-hydrogen) atoms. The van der Waals surface area contributed by atoms with Crippen LogP contribution in [0.2, 0.25) is 0 Å². The second-order valence-electron chi connectivity index (χ2n) is 4.70. The number of hydrazone groups is 1. The van der Waals surface area contributed by atoms with Crippen LogP contribution < -0.4 is 5.43 Å². The highest BCUT2D eigenvalue weighted by Gasteiger charge is 2.08. The van der Waals surface area contributed by atoms with Gasteiger partial charge in [0.15, 0.2) is 0 Å². The zero-order valence-electron chi connectivity index (χ0n) is 12.0. The monoisotopic (exact) mass is 297 g/mol. The Kier molecular flexibility index (Phi) is 4.98. The van der Waals surface area contributed by atoms with Gasteiger partial charge in [-0.2, -0.15) is 5.10 Å². The van der Waals surface area contributed by atoms with Gasteiger partial charge in [-0.1, -0.05) is 42.5 Å². The molecule has 0 aliphatic rings. The zero-order valence-corrected chi connectivity index (χ0v) is 12.0. The molecule has 0 saturated heterocycles. The van der Waals surface area contributed by atoms with Crippen molar-refractivity contribution >= 4 is 17.3 Å². The molecule has 0 aromatic heterocycles. The van der Waals surface area contributed by atoms with Gasteiger partial charge < -0.3 is 0 Å². The van der Waals surface area contributed by atoms with Crippen LogP contribution >= 0.6 is 0 Å². The second-order valence-corrected chi connectivity index (χ2v) is 4.70. The number of non-ortho nitro benzene ring substituents is 1. The lowest BCUT2D eigenvalue weighted by Gasteiger charge is -2.03. The van der Waals surface area contributed by atoms with E-state index < -0.39 is 4.92 Å². The minimum absolute atomic E-state index is 0.0114. The molecule has 6 nitrogen and oxygen atoms in total. The van der Waals surface area contributed by atoms with Gasteiger partial charge in [0, 0.05) is 17.7 Å². The van der Waals surface area contributed by atoms with E-state index >= 15 is 0 Å². The summed E-state index contributed by atoms with van der Waals surface area (Å²) in [6.45, 7) is 1.68. The van der Waals surface area contributed by atoms with Crippen molar-refractivity contribution in [1.29, 1.82) is 0 Å². The Morgan fingerprint density at radius 2 is 1.91 bits per heavy atom. The highest BCUT2D eigenvalue weighted by Crippen LogP contribution is 2.13.